The quantitative estimate of drug-likeness (QED) is 0.685. The lowest BCUT2D eigenvalue weighted by Crippen LogP contribution is -2.43. The van der Waals surface area contributed by atoms with Gasteiger partial charge in [0.15, 0.2) is 0 Å². The van der Waals surface area contributed by atoms with Crippen LogP contribution in [0.25, 0.3) is 11.1 Å². The van der Waals surface area contributed by atoms with E-state index >= 15 is 0 Å². The molecular weight excluding hydrogens is 322 g/mol. The fraction of sp³-hybridized carbons (Fsp3) is 0.435. The summed E-state index contributed by atoms with van der Waals surface area (Å²) in [5.74, 6) is -0.242. The lowest BCUT2D eigenvalue weighted by Gasteiger charge is -2.39. The summed E-state index contributed by atoms with van der Waals surface area (Å²) in [7, 11) is 0. The fourth-order valence-corrected chi connectivity index (χ4v) is 3.95. The Morgan fingerprint density at radius 3 is 2.42 bits per heavy atom. The average Bonchev–Trinajstić information content (AvgIpc) is 2.65. The van der Waals surface area contributed by atoms with Gasteiger partial charge in [-0.2, -0.15) is 0 Å². The van der Waals surface area contributed by atoms with Gasteiger partial charge in [0.2, 0.25) is 0 Å². The molecule has 0 saturated carbocycles. The van der Waals surface area contributed by atoms with Crippen LogP contribution in [0, 0.1) is 0 Å². The van der Waals surface area contributed by atoms with Crippen LogP contribution >= 0.6 is 0 Å². The number of piperidine rings is 1. The molecule has 3 heteroatoms. The second-order valence-corrected chi connectivity index (χ2v) is 7.26. The smallest absolute Gasteiger partial charge is 0.338 e. The van der Waals surface area contributed by atoms with Gasteiger partial charge in [-0.1, -0.05) is 42.8 Å². The first-order valence-corrected chi connectivity index (χ1v) is 9.71. The number of benzene rings is 2. The van der Waals surface area contributed by atoms with Gasteiger partial charge < -0.3 is 4.74 Å². The largest absolute Gasteiger partial charge is 0.462 e. The monoisotopic (exact) mass is 351 g/mol. The summed E-state index contributed by atoms with van der Waals surface area (Å²) in [5, 5.41) is 0. The first-order valence-electron chi connectivity index (χ1n) is 9.71. The second-order valence-electron chi connectivity index (χ2n) is 7.26. The highest BCUT2D eigenvalue weighted by Crippen LogP contribution is 2.30. The van der Waals surface area contributed by atoms with Crippen molar-refractivity contribution >= 4 is 5.97 Å². The van der Waals surface area contributed by atoms with Gasteiger partial charge in [0.1, 0.15) is 0 Å². The van der Waals surface area contributed by atoms with Crippen LogP contribution in [0.15, 0.2) is 48.5 Å². The summed E-state index contributed by atoms with van der Waals surface area (Å²) in [6.07, 6.45) is 3.78. The standard InChI is InChI=1S/C23H29NO2/c1-4-26-23(25)20-13-14-22(19-11-6-5-7-12-19)21(15-20)16-24-17(2)9-8-10-18(24)3/h5-7,11-15,17-18H,4,8-10,16H2,1-3H3. The van der Waals surface area contributed by atoms with Crippen molar-refractivity contribution in [3.05, 3.63) is 59.7 Å². The van der Waals surface area contributed by atoms with E-state index in [1.54, 1.807) is 0 Å². The fourth-order valence-electron chi connectivity index (χ4n) is 3.95. The Morgan fingerprint density at radius 1 is 1.08 bits per heavy atom. The van der Waals surface area contributed by atoms with E-state index in [1.165, 1.54) is 36.0 Å². The topological polar surface area (TPSA) is 29.5 Å². The molecule has 2 atom stereocenters. The molecule has 0 radical (unpaired) electrons. The molecular formula is C23H29NO2. The molecule has 1 fully saturated rings. The van der Waals surface area contributed by atoms with Crippen molar-refractivity contribution in [1.82, 2.24) is 4.90 Å². The van der Waals surface area contributed by atoms with Crippen LogP contribution in [0.2, 0.25) is 0 Å². The summed E-state index contributed by atoms with van der Waals surface area (Å²) in [5.41, 5.74) is 4.22. The number of ether oxygens (including phenoxy) is 1. The number of likely N-dealkylation sites (tertiary alicyclic amines) is 1. The van der Waals surface area contributed by atoms with Crippen LogP contribution in [0.3, 0.4) is 0 Å². The summed E-state index contributed by atoms with van der Waals surface area (Å²) >= 11 is 0. The molecule has 0 bridgehead atoms. The van der Waals surface area contributed by atoms with Gasteiger partial charge in [0, 0.05) is 18.6 Å². The molecule has 3 nitrogen and oxygen atoms in total. The zero-order valence-electron chi connectivity index (χ0n) is 16.1. The maximum absolute atomic E-state index is 12.2. The lowest BCUT2D eigenvalue weighted by molar-refractivity contribution is 0.0526. The highest BCUT2D eigenvalue weighted by molar-refractivity contribution is 5.90. The van der Waals surface area contributed by atoms with E-state index in [2.05, 4.69) is 49.1 Å². The Kier molecular flexibility index (Phi) is 6.10. The molecule has 1 aliphatic rings. The first-order chi connectivity index (χ1) is 12.6. The molecule has 0 aromatic heterocycles. The van der Waals surface area contributed by atoms with Crippen molar-refractivity contribution in [2.45, 2.75) is 58.7 Å². The molecule has 0 spiro atoms. The van der Waals surface area contributed by atoms with Crippen LogP contribution in [0.1, 0.15) is 56.0 Å². The molecule has 1 heterocycles. The Labute approximate surface area is 157 Å². The number of rotatable bonds is 5. The van der Waals surface area contributed by atoms with Gasteiger partial charge >= 0.3 is 5.97 Å². The Bertz CT molecular complexity index is 731. The molecule has 1 saturated heterocycles. The Hall–Kier alpha value is -2.13. The molecule has 2 unspecified atom stereocenters. The summed E-state index contributed by atoms with van der Waals surface area (Å²) in [6, 6.07) is 17.5. The van der Waals surface area contributed by atoms with E-state index in [1.807, 2.05) is 25.1 Å². The molecule has 138 valence electrons. The third kappa shape index (κ3) is 4.16. The van der Waals surface area contributed by atoms with Gasteiger partial charge in [0.25, 0.3) is 0 Å². The summed E-state index contributed by atoms with van der Waals surface area (Å²) in [4.78, 5) is 14.8. The highest BCUT2D eigenvalue weighted by Gasteiger charge is 2.25. The van der Waals surface area contributed by atoms with Crippen molar-refractivity contribution in [3.8, 4) is 11.1 Å². The van der Waals surface area contributed by atoms with Gasteiger partial charge in [-0.15, -0.1) is 0 Å². The SMILES string of the molecule is CCOC(=O)c1ccc(-c2ccccc2)c(CN2C(C)CCCC2C)c1. The minimum Gasteiger partial charge on any atom is -0.462 e. The third-order valence-electron chi connectivity index (χ3n) is 5.43. The van der Waals surface area contributed by atoms with Crippen molar-refractivity contribution in [1.29, 1.82) is 0 Å². The van der Waals surface area contributed by atoms with E-state index in [9.17, 15) is 4.79 Å². The number of hydrogen-bond acceptors (Lipinski definition) is 3. The number of esters is 1. The lowest BCUT2D eigenvalue weighted by atomic mass is 9.93. The zero-order chi connectivity index (χ0) is 18.5. The molecule has 26 heavy (non-hydrogen) atoms. The Balaban J connectivity index is 1.98. The minimum atomic E-state index is -0.242. The number of nitrogens with zero attached hydrogens (tertiary/aromatic N) is 1. The van der Waals surface area contributed by atoms with Crippen LogP contribution in [0.5, 0.6) is 0 Å². The predicted molar refractivity (Wildman–Crippen MR) is 106 cm³/mol. The van der Waals surface area contributed by atoms with Crippen LogP contribution in [-0.4, -0.2) is 29.6 Å². The van der Waals surface area contributed by atoms with Crippen LogP contribution < -0.4 is 0 Å². The molecule has 0 N–H and O–H groups in total. The number of carbonyl (C=O) groups is 1. The van der Waals surface area contributed by atoms with Gasteiger partial charge in [-0.3, -0.25) is 4.90 Å². The summed E-state index contributed by atoms with van der Waals surface area (Å²) < 4.78 is 5.21. The summed E-state index contributed by atoms with van der Waals surface area (Å²) in [6.45, 7) is 7.73. The van der Waals surface area contributed by atoms with Crippen LogP contribution in [-0.2, 0) is 11.3 Å². The molecule has 2 aromatic carbocycles. The third-order valence-corrected chi connectivity index (χ3v) is 5.43. The number of carbonyl (C=O) groups excluding carboxylic acids is 1. The first kappa shape index (κ1) is 18.7. The predicted octanol–water partition coefficient (Wildman–Crippen LogP) is 5.29. The molecule has 3 rings (SSSR count). The highest BCUT2D eigenvalue weighted by atomic mass is 16.5. The van der Waals surface area contributed by atoms with Gasteiger partial charge in [-0.25, -0.2) is 4.79 Å². The maximum Gasteiger partial charge on any atom is 0.338 e. The second kappa shape index (κ2) is 8.50. The molecule has 0 aliphatic carbocycles. The van der Waals surface area contributed by atoms with Crippen molar-refractivity contribution in [3.63, 3.8) is 0 Å². The van der Waals surface area contributed by atoms with E-state index in [-0.39, 0.29) is 5.97 Å². The minimum absolute atomic E-state index is 0.242. The van der Waals surface area contributed by atoms with Gasteiger partial charge in [0.05, 0.1) is 12.2 Å². The average molecular weight is 351 g/mol. The van der Waals surface area contributed by atoms with Gasteiger partial charge in [-0.05, 0) is 62.4 Å². The normalized spacial score (nSPS) is 20.7. The van der Waals surface area contributed by atoms with E-state index in [0.717, 1.165) is 6.54 Å². The van der Waals surface area contributed by atoms with E-state index < -0.39 is 0 Å². The zero-order valence-corrected chi connectivity index (χ0v) is 16.1. The van der Waals surface area contributed by atoms with E-state index in [4.69, 9.17) is 4.74 Å². The molecule has 0 amide bonds. The Morgan fingerprint density at radius 2 is 1.77 bits per heavy atom. The van der Waals surface area contributed by atoms with Crippen molar-refractivity contribution in [2.24, 2.45) is 0 Å². The van der Waals surface area contributed by atoms with Crippen LogP contribution in [0.4, 0.5) is 0 Å². The van der Waals surface area contributed by atoms with Crippen molar-refractivity contribution < 1.29 is 9.53 Å². The molecule has 1 aliphatic heterocycles. The maximum atomic E-state index is 12.2. The molecule has 2 aromatic rings. The van der Waals surface area contributed by atoms with E-state index in [0.29, 0.717) is 24.3 Å². The van der Waals surface area contributed by atoms with Crippen molar-refractivity contribution in [2.75, 3.05) is 6.61 Å². The number of hydrogen-bond donors (Lipinski definition) is 0.